The summed E-state index contributed by atoms with van der Waals surface area (Å²) in [5.74, 6) is 0. The van der Waals surface area contributed by atoms with Crippen molar-refractivity contribution in [1.29, 1.82) is 0 Å². The van der Waals surface area contributed by atoms with Crippen LogP contribution in [0.3, 0.4) is 0 Å². The van der Waals surface area contributed by atoms with Gasteiger partial charge in [-0.2, -0.15) is 0 Å². The van der Waals surface area contributed by atoms with Crippen molar-refractivity contribution in [3.63, 3.8) is 0 Å². The fourth-order valence-corrected chi connectivity index (χ4v) is 0. The van der Waals surface area contributed by atoms with Crippen molar-refractivity contribution >= 4 is 4.77 Å². The summed E-state index contributed by atoms with van der Waals surface area (Å²) in [6.45, 7) is 4.26. The predicted molar refractivity (Wildman–Crippen MR) is 16.4 cm³/mol. The first-order chi connectivity index (χ1) is 1.73. The van der Waals surface area contributed by atoms with Gasteiger partial charge in [-0.15, -0.1) is 0 Å². The summed E-state index contributed by atoms with van der Waals surface area (Å²) in [6, 6.07) is 0. The van der Waals surface area contributed by atoms with E-state index < -0.39 is 0 Å². The Morgan fingerprint density at radius 3 is 1.50 bits per heavy atom. The van der Waals surface area contributed by atoms with Gasteiger partial charge in [-0.25, -0.2) is 0 Å². The quantitative estimate of drug-likeness (QED) is 0.616. The molecule has 0 heterocycles. The van der Waals surface area contributed by atoms with Crippen LogP contribution in [0, 0.1) is 13.0 Å². The second-order valence-corrected chi connectivity index (χ2v) is 4.03. The maximum atomic E-state index is 2.13. The molecule has 0 radical (unpaired) electrons. The molecular formula is C3H6Am. The van der Waals surface area contributed by atoms with Crippen LogP contribution < -0.4 is 0 Å². The van der Waals surface area contributed by atoms with Crippen LogP contribution >= 0.6 is 0 Å². The third kappa shape index (κ3) is 53.2. The van der Waals surface area contributed by atoms with Gasteiger partial charge in [0.25, 0.3) is 0 Å². The van der Waals surface area contributed by atoms with E-state index in [0.29, 0.717) is 0 Å². The molecule has 1 heteroatoms. The Hall–Kier alpha value is 0.260. The molecule has 0 atom stereocenters. The Bertz CT molecular complexity index is 26.3. The Kier molecular flexibility index (Phi) is 1.67. The summed E-state index contributed by atoms with van der Waals surface area (Å²) in [6.07, 6.45) is 0. The average molecular weight is 285 g/mol. The van der Waals surface area contributed by atoms with Gasteiger partial charge in [-0.3, -0.25) is 0 Å². The van der Waals surface area contributed by atoms with Crippen LogP contribution in [-0.4, -0.2) is 4.77 Å². The van der Waals surface area contributed by atoms with Gasteiger partial charge >= 0.3 is 31.6 Å². The SMILES string of the molecule is C[C](C)=[Am]. The van der Waals surface area contributed by atoms with Crippen LogP contribution in [0.5, 0.6) is 0 Å². The second-order valence-electron chi connectivity index (χ2n) is 0.878. The third-order valence-corrected chi connectivity index (χ3v) is 0. The summed E-state index contributed by atoms with van der Waals surface area (Å²) in [7, 11) is 0. The number of rotatable bonds is 0. The van der Waals surface area contributed by atoms with Crippen LogP contribution in [0.15, 0.2) is 0 Å². The van der Waals surface area contributed by atoms with E-state index in [4.69, 9.17) is 0 Å². The molecule has 0 aliphatic carbocycles. The zero-order chi connectivity index (χ0) is 3.58. The fourth-order valence-electron chi connectivity index (χ4n) is 0. The molecule has 0 rings (SSSR count). The molecule has 0 aliphatic heterocycles. The van der Waals surface area contributed by atoms with Gasteiger partial charge in [0.2, 0.25) is 0 Å². The van der Waals surface area contributed by atoms with E-state index in [-0.39, 0.29) is 0 Å². The van der Waals surface area contributed by atoms with E-state index in [9.17, 15) is 0 Å². The molecule has 0 fully saturated rings. The first-order valence-electron chi connectivity index (χ1n) is 1.19. The zero-order valence-electron chi connectivity index (χ0n) is 2.88. The van der Waals surface area contributed by atoms with E-state index in [1.54, 1.807) is 0 Å². The van der Waals surface area contributed by atoms with Crippen LogP contribution in [0.1, 0.15) is 13.8 Å². The third-order valence-electron chi connectivity index (χ3n) is 0. The standard InChI is InChI=1S/C3H6.Am/c1-3-2;/h1-2H3;. The predicted octanol–water partition coefficient (Wildman–Crippen LogP) is 0.748. The summed E-state index contributed by atoms with van der Waals surface area (Å²) in [4.78, 5) is 0. The van der Waals surface area contributed by atoms with Crippen molar-refractivity contribution in [3.8, 4) is 0 Å². The summed E-state index contributed by atoms with van der Waals surface area (Å²) >= 11 is 1.45. The Morgan fingerprint density at radius 1 is 1.50 bits per heavy atom. The first kappa shape index (κ1) is 4.26. The summed E-state index contributed by atoms with van der Waals surface area (Å²) in [5.41, 5.74) is 0. The van der Waals surface area contributed by atoms with Crippen molar-refractivity contribution in [2.45, 2.75) is 13.8 Å². The van der Waals surface area contributed by atoms with Gasteiger partial charge in [0.05, 0.1) is 0 Å². The van der Waals surface area contributed by atoms with Crippen LogP contribution in [0.4, 0.5) is 0 Å². The molecule has 0 bridgehead atoms. The molecule has 0 unspecified atom stereocenters. The zero-order valence-corrected chi connectivity index (χ0v) is 6.03. The monoisotopic (exact) mass is 283 g/mol. The number of hydrogen-bond acceptors (Lipinski definition) is 0. The number of hydrogen-bond donors (Lipinski definition) is 0. The van der Waals surface area contributed by atoms with Crippen molar-refractivity contribution < 1.29 is 13.0 Å². The molecular weight excluding hydrogens is 279 g/mol. The van der Waals surface area contributed by atoms with Gasteiger partial charge in [0.15, 0.2) is 0 Å². The molecule has 0 spiro atoms. The molecule has 0 aromatic carbocycles. The van der Waals surface area contributed by atoms with Gasteiger partial charge in [-0.1, -0.05) is 0 Å². The van der Waals surface area contributed by atoms with E-state index in [0.717, 1.165) is 0 Å². The average Bonchev–Trinajstić information content (AvgIpc) is 0.811. The van der Waals surface area contributed by atoms with Crippen molar-refractivity contribution in [1.82, 2.24) is 0 Å². The molecule has 4 heavy (non-hydrogen) atoms. The Labute approximate surface area is 32.4 Å². The molecule has 0 saturated heterocycles. The van der Waals surface area contributed by atoms with E-state index in [2.05, 4.69) is 13.8 Å². The molecule has 0 N–H and O–H groups in total. The van der Waals surface area contributed by atoms with Crippen LogP contribution in [-0.2, 0) is 0 Å². The van der Waals surface area contributed by atoms with E-state index in [1.165, 1.54) is 17.7 Å². The van der Waals surface area contributed by atoms with Gasteiger partial charge in [-0.05, 0) is 0 Å². The fraction of sp³-hybridized carbons (Fsp3) is 0.667. The minimum atomic E-state index is 1.45. The van der Waals surface area contributed by atoms with Crippen molar-refractivity contribution in [3.05, 3.63) is 0 Å². The molecule has 0 saturated carbocycles. The van der Waals surface area contributed by atoms with Crippen LogP contribution in [0.25, 0.3) is 0 Å². The molecule has 25 valence electrons. The van der Waals surface area contributed by atoms with Gasteiger partial charge in [0, 0.05) is 0 Å². The second kappa shape index (κ2) is 1.57. The van der Waals surface area contributed by atoms with Crippen LogP contribution in [0.2, 0.25) is 0 Å². The maximum absolute atomic E-state index is 2.13. The summed E-state index contributed by atoms with van der Waals surface area (Å²) < 4.78 is 1.52. The summed E-state index contributed by atoms with van der Waals surface area (Å²) in [5, 5.41) is 0. The molecule has 0 aromatic rings. The topological polar surface area (TPSA) is 0 Å². The molecule has 0 nitrogen and oxygen atoms in total. The molecule has 0 amide bonds. The van der Waals surface area contributed by atoms with Gasteiger partial charge in [0.1, 0.15) is 0 Å². The minimum absolute atomic E-state index is 1.45. The normalized spacial score (nSPS) is 7.00. The Balaban J connectivity index is 2.80. The molecule has 0 aromatic heterocycles. The molecule has 0 aliphatic rings. The van der Waals surface area contributed by atoms with E-state index in [1.807, 2.05) is 0 Å². The van der Waals surface area contributed by atoms with Crippen molar-refractivity contribution in [2.75, 3.05) is 0 Å². The Morgan fingerprint density at radius 2 is 1.50 bits per heavy atom. The van der Waals surface area contributed by atoms with Gasteiger partial charge < -0.3 is 0 Å². The first-order valence-corrected chi connectivity index (χ1v) is 2.76. The van der Waals surface area contributed by atoms with E-state index >= 15 is 0 Å². The van der Waals surface area contributed by atoms with Crippen molar-refractivity contribution in [2.24, 2.45) is 0 Å².